The zero-order chi connectivity index (χ0) is 11.8. The van der Waals surface area contributed by atoms with E-state index in [1.165, 1.54) is 4.90 Å². The van der Waals surface area contributed by atoms with Crippen LogP contribution in [0.15, 0.2) is 30.3 Å². The number of para-hydroxylation sites is 1. The highest BCUT2D eigenvalue weighted by Gasteiger charge is 2.38. The Morgan fingerprint density at radius 2 is 1.94 bits per heavy atom. The van der Waals surface area contributed by atoms with Crippen molar-refractivity contribution in [2.45, 2.75) is 5.50 Å². The Labute approximate surface area is 92.6 Å². The summed E-state index contributed by atoms with van der Waals surface area (Å²) < 4.78 is 31.1. The zero-order valence-electron chi connectivity index (χ0n) is 8.20. The van der Waals surface area contributed by atoms with Gasteiger partial charge in [0.15, 0.2) is 0 Å². The highest BCUT2D eigenvalue weighted by Crippen LogP contribution is 2.20. The van der Waals surface area contributed by atoms with Crippen LogP contribution in [0.2, 0.25) is 0 Å². The van der Waals surface area contributed by atoms with E-state index in [0.717, 1.165) is 0 Å². The number of hydrogen-bond donors (Lipinski definition) is 2. The first-order valence-corrected chi connectivity index (χ1v) is 6.06. The average Bonchev–Trinajstić information content (AvgIpc) is 2.61. The molecule has 6 nitrogen and oxygen atoms in total. The summed E-state index contributed by atoms with van der Waals surface area (Å²) in [4.78, 5) is 12.4. The molecule has 0 bridgehead atoms. The summed E-state index contributed by atoms with van der Waals surface area (Å²) in [7, 11) is -4.34. The van der Waals surface area contributed by atoms with Crippen LogP contribution in [0.5, 0.6) is 0 Å². The number of hydrogen-bond acceptors (Lipinski definition) is 4. The number of anilines is 1. The lowest BCUT2D eigenvalue weighted by Gasteiger charge is -2.22. The van der Waals surface area contributed by atoms with Crippen LogP contribution in [0.1, 0.15) is 0 Å². The molecule has 0 radical (unpaired) electrons. The van der Waals surface area contributed by atoms with Gasteiger partial charge in [-0.3, -0.25) is 9.35 Å². The minimum atomic E-state index is -4.34. The smallest absolute Gasteiger partial charge is 0.306 e. The van der Waals surface area contributed by atoms with Crippen LogP contribution >= 0.6 is 0 Å². The number of benzene rings is 1. The van der Waals surface area contributed by atoms with Gasteiger partial charge in [-0.25, -0.2) is 0 Å². The maximum absolute atomic E-state index is 11.2. The van der Waals surface area contributed by atoms with Crippen LogP contribution in [0.4, 0.5) is 5.69 Å². The van der Waals surface area contributed by atoms with Crippen molar-refractivity contribution in [2.75, 3.05) is 11.4 Å². The van der Waals surface area contributed by atoms with Crippen molar-refractivity contribution < 1.29 is 17.8 Å². The Bertz CT molecular complexity index is 500. The molecule has 1 aromatic carbocycles. The first kappa shape index (κ1) is 10.9. The molecule has 1 unspecified atom stereocenters. The average molecular weight is 242 g/mol. The molecule has 1 aromatic rings. The van der Waals surface area contributed by atoms with E-state index in [1.54, 1.807) is 30.3 Å². The number of amides is 1. The molecule has 1 amide bonds. The summed E-state index contributed by atoms with van der Waals surface area (Å²) >= 11 is 0. The van der Waals surface area contributed by atoms with Gasteiger partial charge >= 0.3 is 10.1 Å². The lowest BCUT2D eigenvalue weighted by atomic mass is 10.3. The van der Waals surface area contributed by atoms with E-state index in [2.05, 4.69) is 5.32 Å². The Morgan fingerprint density at radius 1 is 1.31 bits per heavy atom. The molecular formula is C9H10N2O4S. The Hall–Kier alpha value is -1.60. The van der Waals surface area contributed by atoms with Crippen LogP contribution in [-0.2, 0) is 14.9 Å². The number of nitrogens with zero attached hydrogens (tertiary/aromatic N) is 1. The molecule has 2 N–H and O–H groups in total. The first-order valence-electron chi connectivity index (χ1n) is 4.56. The van der Waals surface area contributed by atoms with Crippen LogP contribution in [0, 0.1) is 0 Å². The minimum absolute atomic E-state index is 0.0888. The third-order valence-electron chi connectivity index (χ3n) is 2.25. The molecule has 0 aliphatic carbocycles. The fraction of sp³-hybridized carbons (Fsp3) is 0.222. The van der Waals surface area contributed by atoms with E-state index in [4.69, 9.17) is 4.55 Å². The normalized spacial score (nSPS) is 20.9. The number of carbonyl (C=O) groups excluding carboxylic acids is 1. The molecule has 0 aromatic heterocycles. The first-order chi connectivity index (χ1) is 7.48. The lowest BCUT2D eigenvalue weighted by Crippen LogP contribution is -2.42. The molecule has 1 aliphatic heterocycles. The molecule has 1 heterocycles. The summed E-state index contributed by atoms with van der Waals surface area (Å²) in [6.07, 6.45) is 0. The highest BCUT2D eigenvalue weighted by atomic mass is 32.2. The second kappa shape index (κ2) is 3.76. The molecule has 0 saturated carbocycles. The Morgan fingerprint density at radius 3 is 2.50 bits per heavy atom. The summed E-state index contributed by atoms with van der Waals surface area (Å²) in [5.41, 5.74) is -0.842. The fourth-order valence-corrected chi connectivity index (χ4v) is 2.38. The maximum Gasteiger partial charge on any atom is 0.306 e. The van der Waals surface area contributed by atoms with Gasteiger partial charge in [0, 0.05) is 5.69 Å². The molecular weight excluding hydrogens is 232 g/mol. The molecule has 2 rings (SSSR count). The summed E-state index contributed by atoms with van der Waals surface area (Å²) in [5, 5.41) is 2.19. The van der Waals surface area contributed by atoms with E-state index in [9.17, 15) is 13.2 Å². The van der Waals surface area contributed by atoms with Crippen LogP contribution in [-0.4, -0.2) is 30.9 Å². The van der Waals surface area contributed by atoms with Gasteiger partial charge in [-0.05, 0) is 12.1 Å². The van der Waals surface area contributed by atoms with Gasteiger partial charge in [0.2, 0.25) is 11.4 Å². The monoisotopic (exact) mass is 242 g/mol. The summed E-state index contributed by atoms with van der Waals surface area (Å²) in [6.45, 7) is -0.0888. The van der Waals surface area contributed by atoms with Gasteiger partial charge in [0.1, 0.15) is 0 Å². The zero-order valence-corrected chi connectivity index (χ0v) is 9.02. The molecule has 1 atom stereocenters. The lowest BCUT2D eigenvalue weighted by molar-refractivity contribution is -0.118. The second-order valence-electron chi connectivity index (χ2n) is 3.40. The highest BCUT2D eigenvalue weighted by molar-refractivity contribution is 7.86. The van der Waals surface area contributed by atoms with Gasteiger partial charge in [-0.1, -0.05) is 18.2 Å². The maximum atomic E-state index is 11.2. The second-order valence-corrected chi connectivity index (χ2v) is 4.87. The van der Waals surface area contributed by atoms with Gasteiger partial charge in [0.05, 0.1) is 6.54 Å². The molecule has 0 spiro atoms. The predicted molar refractivity (Wildman–Crippen MR) is 57.3 cm³/mol. The molecule has 1 saturated heterocycles. The van der Waals surface area contributed by atoms with Crippen molar-refractivity contribution >= 4 is 21.7 Å². The van der Waals surface area contributed by atoms with Gasteiger partial charge in [-0.15, -0.1) is 0 Å². The van der Waals surface area contributed by atoms with Crippen molar-refractivity contribution in [3.63, 3.8) is 0 Å². The van der Waals surface area contributed by atoms with Crippen molar-refractivity contribution in [3.05, 3.63) is 30.3 Å². The van der Waals surface area contributed by atoms with Gasteiger partial charge in [0.25, 0.3) is 0 Å². The minimum Gasteiger partial charge on any atom is -0.327 e. The largest absolute Gasteiger partial charge is 0.327 e. The fourth-order valence-electron chi connectivity index (χ4n) is 1.58. The van der Waals surface area contributed by atoms with E-state index in [-0.39, 0.29) is 6.54 Å². The van der Waals surface area contributed by atoms with Crippen molar-refractivity contribution in [2.24, 2.45) is 0 Å². The van der Waals surface area contributed by atoms with Gasteiger partial charge in [-0.2, -0.15) is 8.42 Å². The Kier molecular flexibility index (Phi) is 2.56. The number of rotatable bonds is 2. The van der Waals surface area contributed by atoms with E-state index >= 15 is 0 Å². The predicted octanol–water partition coefficient (Wildman–Crippen LogP) is -0.206. The van der Waals surface area contributed by atoms with Crippen molar-refractivity contribution in [1.82, 2.24) is 5.32 Å². The molecule has 7 heteroatoms. The number of carbonyl (C=O) groups is 1. The summed E-state index contributed by atoms with van der Waals surface area (Å²) in [6, 6.07) is 8.55. The van der Waals surface area contributed by atoms with Crippen molar-refractivity contribution in [1.29, 1.82) is 0 Å². The Balaban J connectivity index is 2.37. The van der Waals surface area contributed by atoms with Crippen LogP contribution < -0.4 is 10.2 Å². The van der Waals surface area contributed by atoms with Gasteiger partial charge < -0.3 is 10.2 Å². The van der Waals surface area contributed by atoms with Crippen LogP contribution in [0.3, 0.4) is 0 Å². The topological polar surface area (TPSA) is 86.7 Å². The van der Waals surface area contributed by atoms with E-state index in [1.807, 2.05) is 0 Å². The van der Waals surface area contributed by atoms with Crippen molar-refractivity contribution in [3.8, 4) is 0 Å². The van der Waals surface area contributed by atoms with E-state index < -0.39 is 21.5 Å². The molecule has 16 heavy (non-hydrogen) atoms. The third-order valence-corrected chi connectivity index (χ3v) is 3.19. The molecule has 86 valence electrons. The SMILES string of the molecule is O=C1CN(c2ccccc2)C(S(=O)(=O)O)N1. The quantitative estimate of drug-likeness (QED) is 0.701. The third kappa shape index (κ3) is 2.00. The molecule has 1 fully saturated rings. The number of nitrogens with one attached hydrogen (secondary N) is 1. The summed E-state index contributed by atoms with van der Waals surface area (Å²) in [5.74, 6) is -0.438. The molecule has 1 aliphatic rings. The van der Waals surface area contributed by atoms with Crippen LogP contribution in [0.25, 0.3) is 0 Å². The standard InChI is InChI=1S/C9H10N2O4S/c12-8-6-11(7-4-2-1-3-5-7)9(10-8)16(13,14)15/h1-5,9H,6H2,(H,10,12)(H,13,14,15). The van der Waals surface area contributed by atoms with E-state index in [0.29, 0.717) is 5.69 Å².